The first-order valence-electron chi connectivity index (χ1n) is 9.12. The van der Waals surface area contributed by atoms with Crippen molar-refractivity contribution in [2.75, 3.05) is 13.2 Å². The van der Waals surface area contributed by atoms with E-state index >= 15 is 0 Å². The van der Waals surface area contributed by atoms with E-state index in [0.29, 0.717) is 5.92 Å². The third-order valence-electron chi connectivity index (χ3n) is 5.71. The van der Waals surface area contributed by atoms with Crippen molar-refractivity contribution in [3.63, 3.8) is 0 Å². The lowest BCUT2D eigenvalue weighted by Crippen LogP contribution is -2.43. The van der Waals surface area contributed by atoms with Crippen molar-refractivity contribution in [1.82, 2.24) is 0 Å². The summed E-state index contributed by atoms with van der Waals surface area (Å²) in [4.78, 5) is 0. The molecule has 1 saturated heterocycles. The van der Waals surface area contributed by atoms with Gasteiger partial charge in [-0.25, -0.2) is 0 Å². The molecule has 122 valence electrons. The van der Waals surface area contributed by atoms with Gasteiger partial charge in [0.15, 0.2) is 6.29 Å². The molecular formula is C18H32O3. The van der Waals surface area contributed by atoms with Crippen LogP contribution in [-0.4, -0.2) is 30.2 Å². The van der Waals surface area contributed by atoms with Crippen molar-refractivity contribution < 1.29 is 14.6 Å². The summed E-state index contributed by atoms with van der Waals surface area (Å²) in [7, 11) is 0. The predicted octanol–water partition coefficient (Wildman–Crippen LogP) is 3.89. The highest BCUT2D eigenvalue weighted by Gasteiger charge is 2.42. The molecular weight excluding hydrogens is 264 g/mol. The smallest absolute Gasteiger partial charge is 0.157 e. The van der Waals surface area contributed by atoms with Crippen LogP contribution < -0.4 is 0 Å². The van der Waals surface area contributed by atoms with Crippen LogP contribution in [0.2, 0.25) is 0 Å². The summed E-state index contributed by atoms with van der Waals surface area (Å²) < 4.78 is 11.7. The molecule has 2 saturated carbocycles. The largest absolute Gasteiger partial charge is 0.390 e. The maximum absolute atomic E-state index is 10.7. The summed E-state index contributed by atoms with van der Waals surface area (Å²) in [6, 6.07) is 0. The molecule has 3 aliphatic rings. The third kappa shape index (κ3) is 4.20. The minimum Gasteiger partial charge on any atom is -0.390 e. The molecule has 0 aromatic carbocycles. The molecule has 3 heteroatoms. The van der Waals surface area contributed by atoms with Crippen molar-refractivity contribution >= 4 is 0 Å². The molecule has 2 bridgehead atoms. The van der Waals surface area contributed by atoms with Gasteiger partial charge in [0.1, 0.15) is 0 Å². The number of hydrogen-bond donors (Lipinski definition) is 1. The number of hydrogen-bond acceptors (Lipinski definition) is 3. The second-order valence-corrected chi connectivity index (χ2v) is 7.82. The van der Waals surface area contributed by atoms with Gasteiger partial charge in [-0.3, -0.25) is 0 Å². The van der Waals surface area contributed by atoms with Gasteiger partial charge in [0.25, 0.3) is 0 Å². The lowest BCUT2D eigenvalue weighted by atomic mass is 9.62. The Morgan fingerprint density at radius 1 is 1.14 bits per heavy atom. The highest BCUT2D eigenvalue weighted by Crippen LogP contribution is 2.48. The van der Waals surface area contributed by atoms with Crippen molar-refractivity contribution in [3.8, 4) is 0 Å². The zero-order valence-electron chi connectivity index (χ0n) is 13.6. The fourth-order valence-electron chi connectivity index (χ4n) is 5.09. The fraction of sp³-hybridized carbons (Fsp3) is 1.00. The molecule has 0 amide bonds. The zero-order chi connectivity index (χ0) is 14.7. The van der Waals surface area contributed by atoms with E-state index in [1.165, 1.54) is 32.1 Å². The molecule has 0 spiro atoms. The third-order valence-corrected chi connectivity index (χ3v) is 5.71. The molecule has 1 N–H and O–H groups in total. The summed E-state index contributed by atoms with van der Waals surface area (Å²) in [5, 5.41) is 10.7. The summed E-state index contributed by atoms with van der Waals surface area (Å²) in [6.45, 7) is 3.91. The Balaban J connectivity index is 1.46. The van der Waals surface area contributed by atoms with E-state index in [4.69, 9.17) is 9.47 Å². The Morgan fingerprint density at radius 3 is 2.52 bits per heavy atom. The number of aliphatic hydroxyl groups is 1. The molecule has 0 aromatic rings. The predicted molar refractivity (Wildman–Crippen MR) is 83.0 cm³/mol. The monoisotopic (exact) mass is 296 g/mol. The van der Waals surface area contributed by atoms with Crippen LogP contribution in [0.4, 0.5) is 0 Å². The van der Waals surface area contributed by atoms with E-state index in [1.54, 1.807) is 0 Å². The second-order valence-electron chi connectivity index (χ2n) is 7.82. The van der Waals surface area contributed by atoms with Gasteiger partial charge in [-0.1, -0.05) is 13.3 Å². The maximum atomic E-state index is 10.7. The molecule has 0 aromatic heterocycles. The molecule has 3 fully saturated rings. The molecule has 0 radical (unpaired) electrons. The van der Waals surface area contributed by atoms with E-state index in [-0.39, 0.29) is 11.9 Å². The van der Waals surface area contributed by atoms with Gasteiger partial charge in [-0.15, -0.1) is 0 Å². The Morgan fingerprint density at radius 2 is 1.90 bits per heavy atom. The van der Waals surface area contributed by atoms with Crippen LogP contribution in [0.25, 0.3) is 0 Å². The van der Waals surface area contributed by atoms with Crippen molar-refractivity contribution in [3.05, 3.63) is 0 Å². The average Bonchev–Trinajstić information content (AvgIpc) is 2.45. The summed E-state index contributed by atoms with van der Waals surface area (Å²) in [5.74, 6) is 2.12. The Hall–Kier alpha value is -0.120. The standard InChI is InChI=1S/C18H32O3/c1-2-6-18(19)11-14-8-15(12-18)10-16(9-14)13-21-17-5-3-4-7-20-17/h14-17,19H,2-13H2,1H3. The van der Waals surface area contributed by atoms with E-state index in [2.05, 4.69) is 6.92 Å². The summed E-state index contributed by atoms with van der Waals surface area (Å²) >= 11 is 0. The van der Waals surface area contributed by atoms with Crippen LogP contribution in [0.1, 0.15) is 71.1 Å². The Bertz CT molecular complexity index is 310. The fourth-order valence-corrected chi connectivity index (χ4v) is 5.09. The summed E-state index contributed by atoms with van der Waals surface area (Å²) in [5.41, 5.74) is -0.360. The molecule has 1 aliphatic heterocycles. The Kier molecular flexibility index (Phi) is 5.23. The first-order valence-corrected chi connectivity index (χ1v) is 9.12. The number of ether oxygens (including phenoxy) is 2. The van der Waals surface area contributed by atoms with Gasteiger partial charge in [0.2, 0.25) is 0 Å². The molecule has 1 heterocycles. The highest BCUT2D eigenvalue weighted by atomic mass is 16.7. The first-order chi connectivity index (χ1) is 10.2. The lowest BCUT2D eigenvalue weighted by molar-refractivity contribution is -0.175. The van der Waals surface area contributed by atoms with Gasteiger partial charge in [0, 0.05) is 6.61 Å². The molecule has 3 nitrogen and oxygen atoms in total. The number of rotatable bonds is 5. The lowest BCUT2D eigenvalue weighted by Gasteiger charge is -2.47. The van der Waals surface area contributed by atoms with Gasteiger partial charge >= 0.3 is 0 Å². The van der Waals surface area contributed by atoms with Crippen molar-refractivity contribution in [1.29, 1.82) is 0 Å². The second kappa shape index (κ2) is 6.97. The molecule has 3 atom stereocenters. The molecule has 3 unspecified atom stereocenters. The minimum absolute atomic E-state index is 0.0533. The minimum atomic E-state index is -0.360. The van der Waals surface area contributed by atoms with E-state index < -0.39 is 0 Å². The van der Waals surface area contributed by atoms with Crippen LogP contribution in [-0.2, 0) is 9.47 Å². The van der Waals surface area contributed by atoms with Crippen LogP contribution in [0.3, 0.4) is 0 Å². The molecule has 21 heavy (non-hydrogen) atoms. The van der Waals surface area contributed by atoms with Crippen LogP contribution in [0.15, 0.2) is 0 Å². The van der Waals surface area contributed by atoms with Gasteiger partial charge in [-0.2, -0.15) is 0 Å². The van der Waals surface area contributed by atoms with Gasteiger partial charge in [0.05, 0.1) is 12.2 Å². The first kappa shape index (κ1) is 15.8. The quantitative estimate of drug-likeness (QED) is 0.836. The van der Waals surface area contributed by atoms with Crippen molar-refractivity contribution in [2.24, 2.45) is 17.8 Å². The number of fused-ring (bicyclic) bond motifs is 2. The molecule has 3 rings (SSSR count). The van der Waals surface area contributed by atoms with Crippen LogP contribution in [0, 0.1) is 17.8 Å². The maximum Gasteiger partial charge on any atom is 0.157 e. The van der Waals surface area contributed by atoms with Crippen molar-refractivity contribution in [2.45, 2.75) is 83.0 Å². The SMILES string of the molecule is CCCC1(O)CC2CC(COC3CCCCO3)CC(C2)C1. The van der Waals surface area contributed by atoms with Gasteiger partial charge in [-0.05, 0) is 75.5 Å². The van der Waals surface area contributed by atoms with Crippen LogP contribution >= 0.6 is 0 Å². The normalized spacial score (nSPS) is 43.7. The topological polar surface area (TPSA) is 38.7 Å². The van der Waals surface area contributed by atoms with Gasteiger partial charge < -0.3 is 14.6 Å². The average molecular weight is 296 g/mol. The zero-order valence-corrected chi connectivity index (χ0v) is 13.6. The highest BCUT2D eigenvalue weighted by molar-refractivity contribution is 4.94. The van der Waals surface area contributed by atoms with E-state index in [1.807, 2.05) is 0 Å². The molecule has 2 aliphatic carbocycles. The summed E-state index contributed by atoms with van der Waals surface area (Å²) in [6.07, 6.45) is 11.5. The Labute approximate surface area is 129 Å². The van der Waals surface area contributed by atoms with Crippen LogP contribution in [0.5, 0.6) is 0 Å². The van der Waals surface area contributed by atoms with E-state index in [9.17, 15) is 5.11 Å². The van der Waals surface area contributed by atoms with E-state index in [0.717, 1.165) is 57.2 Å².